The molecule has 23 heavy (non-hydrogen) atoms. The van der Waals surface area contributed by atoms with Gasteiger partial charge >= 0.3 is 0 Å². The minimum Gasteiger partial charge on any atom is -0.478 e. The van der Waals surface area contributed by atoms with E-state index < -0.39 is 6.10 Å². The first kappa shape index (κ1) is 17.3. The van der Waals surface area contributed by atoms with Crippen molar-refractivity contribution in [3.8, 4) is 5.75 Å². The summed E-state index contributed by atoms with van der Waals surface area (Å²) in [5.74, 6) is 0.726. The third kappa shape index (κ3) is 4.03. The van der Waals surface area contributed by atoms with Crippen LogP contribution in [0.3, 0.4) is 0 Å². The average molecular weight is 318 g/mol. The highest BCUT2D eigenvalue weighted by Crippen LogP contribution is 2.34. The second-order valence-corrected chi connectivity index (χ2v) is 5.89. The fraction of sp³-hybridized carbons (Fsp3) is 0.556. The van der Waals surface area contributed by atoms with Crippen LogP contribution in [-0.2, 0) is 9.59 Å². The Morgan fingerprint density at radius 2 is 2.04 bits per heavy atom. The van der Waals surface area contributed by atoms with Crippen LogP contribution in [0.15, 0.2) is 24.3 Å². The highest BCUT2D eigenvalue weighted by molar-refractivity contribution is 6.00. The Labute approximate surface area is 138 Å². The number of carbonyl (C=O) groups excluding carboxylic acids is 2. The SMILES string of the molecule is CCCCN(C)C(=O)CCN1C(=O)C(CC)Oc2ccccc21. The Balaban J connectivity index is 2.06. The smallest absolute Gasteiger partial charge is 0.268 e. The molecule has 0 spiro atoms. The summed E-state index contributed by atoms with van der Waals surface area (Å²) in [4.78, 5) is 28.2. The van der Waals surface area contributed by atoms with Gasteiger partial charge in [0.1, 0.15) is 5.75 Å². The van der Waals surface area contributed by atoms with Crippen LogP contribution < -0.4 is 9.64 Å². The van der Waals surface area contributed by atoms with Crippen molar-refractivity contribution in [1.29, 1.82) is 0 Å². The van der Waals surface area contributed by atoms with Gasteiger partial charge in [-0.25, -0.2) is 0 Å². The molecule has 1 heterocycles. The topological polar surface area (TPSA) is 49.9 Å². The molecule has 126 valence electrons. The molecule has 1 unspecified atom stereocenters. The highest BCUT2D eigenvalue weighted by atomic mass is 16.5. The van der Waals surface area contributed by atoms with Crippen molar-refractivity contribution >= 4 is 17.5 Å². The standard InChI is InChI=1S/C18H26N2O3/c1-4-6-12-19(3)17(21)11-13-20-14-9-7-8-10-16(14)23-15(5-2)18(20)22/h7-10,15H,4-6,11-13H2,1-3H3. The maximum absolute atomic E-state index is 12.5. The van der Waals surface area contributed by atoms with Gasteiger partial charge in [0.15, 0.2) is 6.10 Å². The molecular weight excluding hydrogens is 292 g/mol. The van der Waals surface area contributed by atoms with Crippen molar-refractivity contribution in [2.45, 2.75) is 45.6 Å². The zero-order valence-electron chi connectivity index (χ0n) is 14.2. The largest absolute Gasteiger partial charge is 0.478 e. The summed E-state index contributed by atoms with van der Waals surface area (Å²) in [6, 6.07) is 7.50. The van der Waals surface area contributed by atoms with Crippen molar-refractivity contribution in [2.24, 2.45) is 0 Å². The van der Waals surface area contributed by atoms with E-state index in [-0.39, 0.29) is 11.8 Å². The van der Waals surface area contributed by atoms with E-state index >= 15 is 0 Å². The van der Waals surface area contributed by atoms with Gasteiger partial charge < -0.3 is 14.5 Å². The molecule has 0 N–H and O–H groups in total. The third-order valence-corrected chi connectivity index (χ3v) is 4.16. The fourth-order valence-electron chi connectivity index (χ4n) is 2.68. The van der Waals surface area contributed by atoms with Crippen molar-refractivity contribution in [3.05, 3.63) is 24.3 Å². The fourth-order valence-corrected chi connectivity index (χ4v) is 2.68. The molecule has 0 aromatic heterocycles. The molecule has 5 nitrogen and oxygen atoms in total. The number of fused-ring (bicyclic) bond motifs is 1. The number of hydrogen-bond acceptors (Lipinski definition) is 3. The Hall–Kier alpha value is -2.04. The van der Waals surface area contributed by atoms with E-state index in [4.69, 9.17) is 4.74 Å². The number of ether oxygens (including phenoxy) is 1. The predicted molar refractivity (Wildman–Crippen MR) is 90.7 cm³/mol. The summed E-state index contributed by atoms with van der Waals surface area (Å²) in [7, 11) is 1.82. The van der Waals surface area contributed by atoms with Gasteiger partial charge in [0.05, 0.1) is 5.69 Å². The maximum Gasteiger partial charge on any atom is 0.268 e. The van der Waals surface area contributed by atoms with Gasteiger partial charge in [0.25, 0.3) is 5.91 Å². The summed E-state index contributed by atoms with van der Waals surface area (Å²) in [5, 5.41) is 0. The Bertz CT molecular complexity index is 559. The maximum atomic E-state index is 12.5. The molecule has 1 aliphatic rings. The number of para-hydroxylation sites is 2. The Morgan fingerprint density at radius 1 is 1.30 bits per heavy atom. The minimum atomic E-state index is -0.460. The van der Waals surface area contributed by atoms with Crippen LogP contribution in [0.5, 0.6) is 5.75 Å². The monoisotopic (exact) mass is 318 g/mol. The van der Waals surface area contributed by atoms with Gasteiger partial charge in [0, 0.05) is 26.6 Å². The van der Waals surface area contributed by atoms with Gasteiger partial charge in [0.2, 0.25) is 5.91 Å². The number of rotatable bonds is 7. The van der Waals surface area contributed by atoms with Crippen LogP contribution in [0.2, 0.25) is 0 Å². The average Bonchev–Trinajstić information content (AvgIpc) is 2.58. The van der Waals surface area contributed by atoms with Gasteiger partial charge in [-0.15, -0.1) is 0 Å². The zero-order valence-corrected chi connectivity index (χ0v) is 14.2. The highest BCUT2D eigenvalue weighted by Gasteiger charge is 2.33. The first-order valence-electron chi connectivity index (χ1n) is 8.39. The summed E-state index contributed by atoms with van der Waals surface area (Å²) < 4.78 is 5.74. The van der Waals surface area contributed by atoms with Crippen molar-refractivity contribution < 1.29 is 14.3 Å². The second-order valence-electron chi connectivity index (χ2n) is 5.89. The lowest BCUT2D eigenvalue weighted by molar-refractivity contribution is -0.130. The number of nitrogens with zero attached hydrogens (tertiary/aromatic N) is 2. The van der Waals surface area contributed by atoms with Crippen molar-refractivity contribution in [1.82, 2.24) is 4.90 Å². The molecule has 2 rings (SSSR count). The van der Waals surface area contributed by atoms with Crippen molar-refractivity contribution in [2.75, 3.05) is 25.0 Å². The zero-order chi connectivity index (χ0) is 16.8. The molecule has 0 saturated carbocycles. The lowest BCUT2D eigenvalue weighted by Gasteiger charge is -2.34. The first-order chi connectivity index (χ1) is 11.1. The van der Waals surface area contributed by atoms with E-state index in [1.807, 2.05) is 38.2 Å². The molecular formula is C18H26N2O3. The predicted octanol–water partition coefficient (Wildman–Crippen LogP) is 2.84. The molecule has 1 aromatic carbocycles. The number of hydrogen-bond donors (Lipinski definition) is 0. The molecule has 5 heteroatoms. The van der Waals surface area contributed by atoms with Crippen LogP contribution in [0.25, 0.3) is 0 Å². The second kappa shape index (κ2) is 7.99. The lowest BCUT2D eigenvalue weighted by Crippen LogP contribution is -2.47. The summed E-state index contributed by atoms with van der Waals surface area (Å²) >= 11 is 0. The van der Waals surface area contributed by atoms with Gasteiger partial charge in [-0.2, -0.15) is 0 Å². The summed E-state index contributed by atoms with van der Waals surface area (Å²) in [6.45, 7) is 5.19. The van der Waals surface area contributed by atoms with E-state index in [0.717, 1.165) is 25.1 Å². The molecule has 1 aromatic rings. The van der Waals surface area contributed by atoms with Crippen molar-refractivity contribution in [3.63, 3.8) is 0 Å². The molecule has 0 aliphatic carbocycles. The van der Waals surface area contributed by atoms with E-state index in [1.165, 1.54) is 0 Å². The molecule has 0 radical (unpaired) electrons. The number of benzene rings is 1. The Kier molecular flexibility index (Phi) is 6.02. The molecule has 1 atom stereocenters. The van der Waals surface area contributed by atoms with Crippen LogP contribution in [0.1, 0.15) is 39.5 Å². The molecule has 1 aliphatic heterocycles. The van der Waals surface area contributed by atoms with E-state index in [9.17, 15) is 9.59 Å². The minimum absolute atomic E-state index is 0.0600. The van der Waals surface area contributed by atoms with E-state index in [2.05, 4.69) is 6.92 Å². The number of amides is 2. The van der Waals surface area contributed by atoms with Crippen LogP contribution in [-0.4, -0.2) is 43.0 Å². The lowest BCUT2D eigenvalue weighted by atomic mass is 10.1. The van der Waals surface area contributed by atoms with Gasteiger partial charge in [-0.3, -0.25) is 9.59 Å². The first-order valence-corrected chi connectivity index (χ1v) is 8.39. The Morgan fingerprint density at radius 3 is 2.74 bits per heavy atom. The van der Waals surface area contributed by atoms with Crippen LogP contribution in [0.4, 0.5) is 5.69 Å². The van der Waals surface area contributed by atoms with Crippen LogP contribution in [0, 0.1) is 0 Å². The number of anilines is 1. The summed E-state index contributed by atoms with van der Waals surface area (Å²) in [5.41, 5.74) is 0.756. The number of unbranched alkanes of at least 4 members (excludes halogenated alkanes) is 1. The third-order valence-electron chi connectivity index (χ3n) is 4.16. The van der Waals surface area contributed by atoms with Crippen LogP contribution >= 0.6 is 0 Å². The quantitative estimate of drug-likeness (QED) is 0.777. The molecule has 0 fully saturated rings. The summed E-state index contributed by atoms with van der Waals surface area (Å²) in [6.07, 6.45) is 2.55. The molecule has 2 amide bonds. The molecule has 0 saturated heterocycles. The van der Waals surface area contributed by atoms with E-state index in [1.54, 1.807) is 9.80 Å². The van der Waals surface area contributed by atoms with Gasteiger partial charge in [-0.1, -0.05) is 32.4 Å². The van der Waals surface area contributed by atoms with E-state index in [0.29, 0.717) is 25.1 Å². The number of carbonyl (C=O) groups is 2. The van der Waals surface area contributed by atoms with Gasteiger partial charge in [-0.05, 0) is 25.0 Å². The normalized spacial score (nSPS) is 16.7. The molecule has 0 bridgehead atoms.